The summed E-state index contributed by atoms with van der Waals surface area (Å²) in [6, 6.07) is 12.5. The Hall–Kier alpha value is -2.00. The monoisotopic (exact) mass is 285 g/mol. The molecule has 3 heteroatoms. The highest BCUT2D eigenvalue weighted by Crippen LogP contribution is 2.35. The van der Waals surface area contributed by atoms with Crippen LogP contribution in [-0.2, 0) is 0 Å². The fraction of sp³-hybridized carbons (Fsp3) is 0.333. The maximum atomic E-state index is 5.53. The number of methoxy groups -OCH3 is 2. The molecule has 0 aliphatic carbocycles. The summed E-state index contributed by atoms with van der Waals surface area (Å²) in [6.07, 6.45) is 0. The maximum Gasteiger partial charge on any atom is 0.124 e. The van der Waals surface area contributed by atoms with Gasteiger partial charge >= 0.3 is 0 Å². The Labute approximate surface area is 126 Å². The van der Waals surface area contributed by atoms with Gasteiger partial charge in [0.1, 0.15) is 11.5 Å². The maximum absolute atomic E-state index is 5.53. The van der Waals surface area contributed by atoms with Crippen molar-refractivity contribution in [3.63, 3.8) is 0 Å². The van der Waals surface area contributed by atoms with E-state index < -0.39 is 0 Å². The zero-order valence-corrected chi connectivity index (χ0v) is 13.4. The molecule has 0 aliphatic heterocycles. The number of hydrogen-bond acceptors (Lipinski definition) is 3. The molecule has 21 heavy (non-hydrogen) atoms. The minimum absolute atomic E-state index is 0.0229. The van der Waals surface area contributed by atoms with Crippen LogP contribution >= 0.6 is 0 Å². The second-order valence-electron chi connectivity index (χ2n) is 5.21. The van der Waals surface area contributed by atoms with Crippen molar-refractivity contribution in [2.24, 2.45) is 0 Å². The summed E-state index contributed by atoms with van der Waals surface area (Å²) in [7, 11) is 5.36. The summed E-state index contributed by atoms with van der Waals surface area (Å²) in [4.78, 5) is 0. The lowest BCUT2D eigenvalue weighted by Gasteiger charge is -2.22. The Kier molecular flexibility index (Phi) is 4.86. The molecule has 1 N–H and O–H groups in total. The number of ether oxygens (including phenoxy) is 2. The summed E-state index contributed by atoms with van der Waals surface area (Å²) in [5.74, 6) is 1.76. The van der Waals surface area contributed by atoms with E-state index in [0.29, 0.717) is 0 Å². The van der Waals surface area contributed by atoms with Crippen molar-refractivity contribution in [3.05, 3.63) is 58.7 Å². The van der Waals surface area contributed by atoms with Crippen LogP contribution in [0.5, 0.6) is 11.5 Å². The van der Waals surface area contributed by atoms with Crippen LogP contribution in [0.4, 0.5) is 0 Å². The largest absolute Gasteiger partial charge is 0.496 e. The summed E-state index contributed by atoms with van der Waals surface area (Å²) in [6.45, 7) is 4.17. The van der Waals surface area contributed by atoms with E-state index in [1.165, 1.54) is 11.1 Å². The first kappa shape index (κ1) is 15.4. The molecule has 112 valence electrons. The molecule has 2 rings (SSSR count). The topological polar surface area (TPSA) is 30.5 Å². The second kappa shape index (κ2) is 6.64. The van der Waals surface area contributed by atoms with E-state index >= 15 is 0 Å². The second-order valence-corrected chi connectivity index (χ2v) is 5.21. The molecular formula is C18H23NO2. The zero-order chi connectivity index (χ0) is 15.4. The molecule has 2 aromatic carbocycles. The smallest absolute Gasteiger partial charge is 0.124 e. The Balaban J connectivity index is 2.59. The molecule has 0 aromatic heterocycles. The van der Waals surface area contributed by atoms with E-state index in [4.69, 9.17) is 9.47 Å². The number of hydrogen-bond donors (Lipinski definition) is 1. The molecular weight excluding hydrogens is 262 g/mol. The van der Waals surface area contributed by atoms with Gasteiger partial charge in [0, 0.05) is 11.1 Å². The zero-order valence-electron chi connectivity index (χ0n) is 13.4. The van der Waals surface area contributed by atoms with Crippen molar-refractivity contribution in [2.75, 3.05) is 21.3 Å². The Morgan fingerprint density at radius 3 is 1.57 bits per heavy atom. The average molecular weight is 285 g/mol. The van der Waals surface area contributed by atoms with Gasteiger partial charge in [-0.05, 0) is 33.0 Å². The number of rotatable bonds is 5. The van der Waals surface area contributed by atoms with Crippen molar-refractivity contribution >= 4 is 0 Å². The third-order valence-corrected chi connectivity index (χ3v) is 3.68. The van der Waals surface area contributed by atoms with Crippen LogP contribution in [0.1, 0.15) is 28.3 Å². The van der Waals surface area contributed by atoms with Gasteiger partial charge in [-0.1, -0.05) is 35.4 Å². The molecule has 2 aromatic rings. The lowest BCUT2D eigenvalue weighted by Crippen LogP contribution is -2.19. The van der Waals surface area contributed by atoms with Crippen LogP contribution < -0.4 is 14.8 Å². The van der Waals surface area contributed by atoms with Crippen LogP contribution in [-0.4, -0.2) is 21.3 Å². The Morgan fingerprint density at radius 1 is 0.810 bits per heavy atom. The van der Waals surface area contributed by atoms with E-state index in [9.17, 15) is 0 Å². The third-order valence-electron chi connectivity index (χ3n) is 3.68. The number of nitrogens with one attached hydrogen (secondary N) is 1. The van der Waals surface area contributed by atoms with E-state index in [1.54, 1.807) is 14.2 Å². The van der Waals surface area contributed by atoms with Gasteiger partial charge in [0.2, 0.25) is 0 Å². The van der Waals surface area contributed by atoms with E-state index in [0.717, 1.165) is 22.6 Å². The first-order valence-corrected chi connectivity index (χ1v) is 7.07. The van der Waals surface area contributed by atoms with Gasteiger partial charge in [-0.2, -0.15) is 0 Å². The predicted octanol–water partition coefficient (Wildman–Crippen LogP) is 3.63. The normalized spacial score (nSPS) is 10.8. The fourth-order valence-electron chi connectivity index (χ4n) is 2.64. The Morgan fingerprint density at radius 2 is 1.24 bits per heavy atom. The number of benzene rings is 2. The number of aryl methyl sites for hydroxylation is 2. The van der Waals surface area contributed by atoms with Crippen molar-refractivity contribution in [2.45, 2.75) is 19.9 Å². The molecule has 0 heterocycles. The average Bonchev–Trinajstić information content (AvgIpc) is 2.48. The van der Waals surface area contributed by atoms with Gasteiger partial charge < -0.3 is 14.8 Å². The van der Waals surface area contributed by atoms with Crippen molar-refractivity contribution in [1.82, 2.24) is 5.32 Å². The van der Waals surface area contributed by atoms with Gasteiger partial charge in [-0.3, -0.25) is 0 Å². The van der Waals surface area contributed by atoms with Gasteiger partial charge in [0.05, 0.1) is 20.3 Å². The molecule has 0 saturated heterocycles. The molecule has 3 nitrogen and oxygen atoms in total. The molecule has 0 atom stereocenters. The lowest BCUT2D eigenvalue weighted by molar-refractivity contribution is 0.396. The molecule has 0 saturated carbocycles. The van der Waals surface area contributed by atoms with Gasteiger partial charge in [0.15, 0.2) is 0 Å². The highest BCUT2D eigenvalue weighted by molar-refractivity contribution is 5.49. The van der Waals surface area contributed by atoms with Crippen LogP contribution in [0.3, 0.4) is 0 Å². The van der Waals surface area contributed by atoms with Crippen LogP contribution in [0.25, 0.3) is 0 Å². The van der Waals surface area contributed by atoms with Crippen LogP contribution in [0.15, 0.2) is 36.4 Å². The summed E-state index contributed by atoms with van der Waals surface area (Å²) in [5, 5.41) is 3.38. The fourth-order valence-corrected chi connectivity index (χ4v) is 2.64. The first-order chi connectivity index (χ1) is 10.1. The van der Waals surface area contributed by atoms with Crippen LogP contribution in [0, 0.1) is 13.8 Å². The molecule has 0 fully saturated rings. The molecule has 0 bridgehead atoms. The van der Waals surface area contributed by atoms with Gasteiger partial charge in [-0.15, -0.1) is 0 Å². The SMILES string of the molecule is CNC(c1cc(C)ccc1OC)c1cc(C)ccc1OC. The third kappa shape index (κ3) is 3.19. The minimum Gasteiger partial charge on any atom is -0.496 e. The van der Waals surface area contributed by atoms with Crippen LogP contribution in [0.2, 0.25) is 0 Å². The highest BCUT2D eigenvalue weighted by atomic mass is 16.5. The van der Waals surface area contributed by atoms with Gasteiger partial charge in [0.25, 0.3) is 0 Å². The Bertz CT molecular complexity index is 569. The van der Waals surface area contributed by atoms with E-state index in [2.05, 4.69) is 43.4 Å². The van der Waals surface area contributed by atoms with E-state index in [1.807, 2.05) is 19.2 Å². The first-order valence-electron chi connectivity index (χ1n) is 7.07. The minimum atomic E-state index is 0.0229. The summed E-state index contributed by atoms with van der Waals surface area (Å²) < 4.78 is 11.1. The standard InChI is InChI=1S/C18H23NO2/c1-12-6-8-16(20-4)14(10-12)18(19-3)15-11-13(2)7-9-17(15)21-5/h6-11,18-19H,1-5H3. The molecule has 0 spiro atoms. The molecule has 0 radical (unpaired) electrons. The molecule has 0 unspecified atom stereocenters. The van der Waals surface area contributed by atoms with Crippen molar-refractivity contribution < 1.29 is 9.47 Å². The molecule has 0 amide bonds. The highest BCUT2D eigenvalue weighted by Gasteiger charge is 2.20. The predicted molar refractivity (Wildman–Crippen MR) is 86.4 cm³/mol. The summed E-state index contributed by atoms with van der Waals surface area (Å²) >= 11 is 0. The van der Waals surface area contributed by atoms with Gasteiger partial charge in [-0.25, -0.2) is 0 Å². The quantitative estimate of drug-likeness (QED) is 0.910. The summed E-state index contributed by atoms with van der Waals surface area (Å²) in [5.41, 5.74) is 4.64. The van der Waals surface area contributed by atoms with Crippen molar-refractivity contribution in [3.8, 4) is 11.5 Å². The lowest BCUT2D eigenvalue weighted by atomic mass is 9.94. The van der Waals surface area contributed by atoms with Crippen molar-refractivity contribution in [1.29, 1.82) is 0 Å². The molecule has 0 aliphatic rings. The van der Waals surface area contributed by atoms with E-state index in [-0.39, 0.29) is 6.04 Å².